The van der Waals surface area contributed by atoms with Crippen molar-refractivity contribution in [1.82, 2.24) is 5.32 Å². The maximum absolute atomic E-state index is 13.6. The first-order valence-electron chi connectivity index (χ1n) is 13.0. The molecular weight excluding hydrogens is 484 g/mol. The number of anilines is 1. The molecule has 1 fully saturated rings. The van der Waals surface area contributed by atoms with Crippen LogP contribution in [-0.4, -0.2) is 54.2 Å². The molecule has 1 amide bonds. The van der Waals surface area contributed by atoms with Gasteiger partial charge in [0, 0.05) is 30.6 Å². The number of esters is 1. The highest BCUT2D eigenvalue weighted by Gasteiger charge is 2.60. The van der Waals surface area contributed by atoms with Crippen LogP contribution in [0.1, 0.15) is 57.3 Å². The smallest absolute Gasteiger partial charge is 0.329 e. The number of benzene rings is 1. The Kier molecular flexibility index (Phi) is 9.20. The zero-order chi connectivity index (χ0) is 28.2. The van der Waals surface area contributed by atoms with E-state index in [2.05, 4.69) is 23.8 Å². The third-order valence-corrected chi connectivity index (χ3v) is 7.93. The van der Waals surface area contributed by atoms with Gasteiger partial charge in [-0.15, -0.1) is 0 Å². The van der Waals surface area contributed by atoms with Crippen LogP contribution in [0.25, 0.3) is 0 Å². The van der Waals surface area contributed by atoms with Crippen molar-refractivity contribution < 1.29 is 29.0 Å². The molecule has 8 heteroatoms. The molecule has 0 aromatic heterocycles. The lowest BCUT2D eigenvalue weighted by Gasteiger charge is -2.55. The van der Waals surface area contributed by atoms with E-state index in [0.717, 1.165) is 17.6 Å². The molecule has 0 unspecified atom stereocenters. The van der Waals surface area contributed by atoms with Gasteiger partial charge in [-0.3, -0.25) is 9.59 Å². The highest BCUT2D eigenvalue weighted by Crippen LogP contribution is 2.52. The second kappa shape index (κ2) is 12.0. The molecule has 3 N–H and O–H groups in total. The number of Topliss-reactive ketones (excluding diaryl/α,β-unsaturated/α-hetero) is 1. The maximum Gasteiger partial charge on any atom is 0.329 e. The van der Waals surface area contributed by atoms with Gasteiger partial charge in [-0.05, 0) is 63.2 Å². The van der Waals surface area contributed by atoms with Crippen LogP contribution in [0.2, 0.25) is 0 Å². The fraction of sp³-hybridized carbons (Fsp3) is 0.500. The van der Waals surface area contributed by atoms with E-state index in [1.54, 1.807) is 38.2 Å². The van der Waals surface area contributed by atoms with Crippen molar-refractivity contribution in [1.29, 1.82) is 0 Å². The van der Waals surface area contributed by atoms with E-state index >= 15 is 0 Å². The maximum atomic E-state index is 13.6. The summed E-state index contributed by atoms with van der Waals surface area (Å²) in [5, 5.41) is 17.7. The molecule has 0 bridgehead atoms. The summed E-state index contributed by atoms with van der Waals surface area (Å²) in [4.78, 5) is 38.1. The van der Waals surface area contributed by atoms with Gasteiger partial charge in [0.1, 0.15) is 11.6 Å². The Labute approximate surface area is 225 Å². The predicted octanol–water partition coefficient (Wildman–Crippen LogP) is 4.18. The molecular formula is C30H40N2O6. The zero-order valence-electron chi connectivity index (χ0n) is 23.0. The molecule has 0 saturated heterocycles. The molecule has 1 saturated carbocycles. The Morgan fingerprint density at radius 3 is 2.50 bits per heavy atom. The number of ketones is 1. The number of hydrogen-bond acceptors (Lipinski definition) is 7. The summed E-state index contributed by atoms with van der Waals surface area (Å²) in [6.07, 6.45) is 1.77. The van der Waals surface area contributed by atoms with Crippen LogP contribution < -0.4 is 10.6 Å². The van der Waals surface area contributed by atoms with Crippen molar-refractivity contribution in [2.75, 3.05) is 12.4 Å². The van der Waals surface area contributed by atoms with Gasteiger partial charge in [-0.2, -0.15) is 0 Å². The van der Waals surface area contributed by atoms with E-state index < -0.39 is 29.8 Å². The number of hydrogen-bond donors (Lipinski definition) is 3. The molecule has 2 aliphatic carbocycles. The van der Waals surface area contributed by atoms with Crippen LogP contribution >= 0.6 is 0 Å². The van der Waals surface area contributed by atoms with Crippen LogP contribution in [0.5, 0.6) is 0 Å². The Morgan fingerprint density at radius 1 is 1.21 bits per heavy atom. The molecule has 1 aromatic rings. The summed E-state index contributed by atoms with van der Waals surface area (Å²) in [7, 11) is 1.70. The van der Waals surface area contributed by atoms with E-state index in [9.17, 15) is 19.5 Å². The lowest BCUT2D eigenvalue weighted by Crippen LogP contribution is -2.65. The first-order valence-corrected chi connectivity index (χ1v) is 13.0. The molecule has 2 aliphatic rings. The Hall–Kier alpha value is -3.39. The molecule has 206 valence electrons. The molecule has 0 spiro atoms. The minimum atomic E-state index is -1.45. The topological polar surface area (TPSA) is 114 Å². The normalized spacial score (nSPS) is 29.1. The van der Waals surface area contributed by atoms with Gasteiger partial charge in [0.05, 0.1) is 5.76 Å². The van der Waals surface area contributed by atoms with Crippen LogP contribution in [0.15, 0.2) is 60.4 Å². The largest absolute Gasteiger partial charge is 0.487 e. The number of carbonyl (C=O) groups is 3. The number of fused-ring (bicyclic) bond motifs is 1. The fourth-order valence-electron chi connectivity index (χ4n) is 5.89. The molecule has 38 heavy (non-hydrogen) atoms. The number of allylic oxidation sites excluding steroid dienone is 2. The molecule has 7 atom stereocenters. The molecule has 0 heterocycles. The van der Waals surface area contributed by atoms with Gasteiger partial charge in [-0.25, -0.2) is 4.79 Å². The predicted molar refractivity (Wildman–Crippen MR) is 146 cm³/mol. The zero-order valence-corrected chi connectivity index (χ0v) is 23.0. The highest BCUT2D eigenvalue weighted by atomic mass is 16.6. The van der Waals surface area contributed by atoms with Crippen LogP contribution in [0.3, 0.4) is 0 Å². The summed E-state index contributed by atoms with van der Waals surface area (Å²) >= 11 is 0. The first-order chi connectivity index (χ1) is 17.9. The first kappa shape index (κ1) is 29.2. The van der Waals surface area contributed by atoms with E-state index in [1.807, 2.05) is 26.8 Å². The van der Waals surface area contributed by atoms with Gasteiger partial charge in [0.15, 0.2) is 18.0 Å². The summed E-state index contributed by atoms with van der Waals surface area (Å²) in [6.45, 7) is 15.4. The quantitative estimate of drug-likeness (QED) is 0.131. The van der Waals surface area contributed by atoms with Crippen LogP contribution in [0.4, 0.5) is 5.69 Å². The molecule has 3 rings (SSSR count). The van der Waals surface area contributed by atoms with Gasteiger partial charge in [-0.1, -0.05) is 43.9 Å². The van der Waals surface area contributed by atoms with E-state index in [0.29, 0.717) is 29.8 Å². The van der Waals surface area contributed by atoms with Crippen molar-refractivity contribution in [3.8, 4) is 0 Å². The van der Waals surface area contributed by atoms with Crippen LogP contribution in [-0.2, 0) is 19.1 Å². The van der Waals surface area contributed by atoms with Gasteiger partial charge in [0.2, 0.25) is 6.41 Å². The summed E-state index contributed by atoms with van der Waals surface area (Å²) in [5.74, 6) is -1.31. The lowest BCUT2D eigenvalue weighted by atomic mass is 9.56. The van der Waals surface area contributed by atoms with E-state index in [4.69, 9.17) is 9.47 Å². The van der Waals surface area contributed by atoms with Crippen molar-refractivity contribution in [3.63, 3.8) is 0 Å². The minimum Gasteiger partial charge on any atom is -0.487 e. The van der Waals surface area contributed by atoms with Crippen molar-refractivity contribution in [2.45, 2.75) is 70.8 Å². The Bertz CT molecular complexity index is 1130. The number of ether oxygens (including phenoxy) is 2. The van der Waals surface area contributed by atoms with Gasteiger partial charge >= 0.3 is 5.97 Å². The molecule has 0 aliphatic heterocycles. The average Bonchev–Trinajstić information content (AvgIpc) is 2.87. The van der Waals surface area contributed by atoms with Crippen molar-refractivity contribution >= 4 is 23.9 Å². The second-order valence-corrected chi connectivity index (χ2v) is 10.6. The lowest BCUT2D eigenvalue weighted by molar-refractivity contribution is -0.217. The third kappa shape index (κ3) is 5.70. The van der Waals surface area contributed by atoms with Crippen LogP contribution in [0, 0.1) is 17.8 Å². The van der Waals surface area contributed by atoms with Crippen molar-refractivity contribution in [3.05, 3.63) is 66.0 Å². The molecule has 1 aromatic carbocycles. The van der Waals surface area contributed by atoms with Crippen molar-refractivity contribution in [2.24, 2.45) is 17.8 Å². The van der Waals surface area contributed by atoms with E-state index in [1.165, 1.54) is 0 Å². The second-order valence-electron chi connectivity index (χ2n) is 10.6. The third-order valence-electron chi connectivity index (χ3n) is 7.93. The van der Waals surface area contributed by atoms with E-state index in [-0.39, 0.29) is 30.0 Å². The molecule has 0 radical (unpaired) electrons. The number of para-hydroxylation sites is 1. The number of carbonyl (C=O) groups excluding carboxylic acids is 3. The highest BCUT2D eigenvalue weighted by molar-refractivity contribution is 6.03. The Balaban J connectivity index is 1.97. The SMILES string of the molecule is C=C(C)O[C@@H]1C(C)=C[C@@H]2[C@H](C(=C)C)CC[C@@H](C)[C@]2(O)[C@H]1OC(=O)[C@H](CC(=O)c1ccccc1NC)NC=O. The standard InChI is InChI=1S/C30H40N2O6/c1-17(2)21-13-12-20(6)30(36)23(21)14-19(5)27(37-18(3)4)28(30)38-29(35)25(32-16-33)15-26(34)22-10-8-9-11-24(22)31-7/h8-11,14,16,20-21,23,25,27-28,31,36H,1,3,12-13,15H2,2,4-7H3,(H,32,33)/t20-,21+,23-,25+,27-,28+,30-/m1/s1. The number of rotatable bonds is 11. The van der Waals surface area contributed by atoms with Gasteiger partial charge in [0.25, 0.3) is 0 Å². The number of aliphatic hydroxyl groups is 1. The Morgan fingerprint density at radius 2 is 1.89 bits per heavy atom. The monoisotopic (exact) mass is 524 g/mol. The fourth-order valence-corrected chi connectivity index (χ4v) is 5.89. The number of nitrogens with one attached hydrogen (secondary N) is 2. The summed E-state index contributed by atoms with van der Waals surface area (Å²) < 4.78 is 12.0. The summed E-state index contributed by atoms with van der Waals surface area (Å²) in [6, 6.07) is 5.67. The average molecular weight is 525 g/mol. The van der Waals surface area contributed by atoms with Gasteiger partial charge < -0.3 is 25.2 Å². The number of amides is 1. The minimum absolute atomic E-state index is 0.00153. The molecule has 8 nitrogen and oxygen atoms in total. The summed E-state index contributed by atoms with van der Waals surface area (Å²) in [5.41, 5.74) is 1.30.